The first-order valence-corrected chi connectivity index (χ1v) is 9.78. The predicted octanol–water partition coefficient (Wildman–Crippen LogP) is 4.66. The summed E-state index contributed by atoms with van der Waals surface area (Å²) in [6.07, 6.45) is 2.71. The monoisotopic (exact) mass is 437 g/mol. The number of anilines is 2. The van der Waals surface area contributed by atoms with E-state index in [0.717, 1.165) is 5.69 Å². The van der Waals surface area contributed by atoms with Crippen LogP contribution in [0, 0.1) is 16.7 Å². The lowest BCUT2D eigenvalue weighted by Crippen LogP contribution is -2.49. The van der Waals surface area contributed by atoms with Crippen LogP contribution < -0.4 is 15.8 Å². The summed E-state index contributed by atoms with van der Waals surface area (Å²) in [6, 6.07) is 9.00. The molecule has 1 fully saturated rings. The average molecular weight is 439 g/mol. The van der Waals surface area contributed by atoms with E-state index in [-0.39, 0.29) is 5.91 Å². The number of piperidine rings is 1. The highest BCUT2D eigenvalue weighted by Gasteiger charge is 2.37. The van der Waals surface area contributed by atoms with Gasteiger partial charge < -0.3 is 4.90 Å². The van der Waals surface area contributed by atoms with Crippen LogP contribution in [-0.4, -0.2) is 24.0 Å². The highest BCUT2D eigenvalue weighted by atomic mass is 35.5. The molecule has 9 heteroatoms. The average Bonchev–Trinajstić information content (AvgIpc) is 2.67. The molecule has 0 unspecified atom stereocenters. The van der Waals surface area contributed by atoms with Gasteiger partial charge in [0.15, 0.2) is 5.82 Å². The number of benzene rings is 1. The molecule has 0 saturated carbocycles. The molecule has 2 heterocycles. The molecule has 1 aromatic heterocycles. The first kappa shape index (κ1) is 20.5. The highest BCUT2D eigenvalue weighted by Crippen LogP contribution is 2.35. The fourth-order valence-corrected chi connectivity index (χ4v) is 3.71. The van der Waals surface area contributed by atoms with Gasteiger partial charge in [0.1, 0.15) is 6.07 Å². The van der Waals surface area contributed by atoms with Gasteiger partial charge in [-0.05, 0) is 37.1 Å². The van der Waals surface area contributed by atoms with Crippen LogP contribution >= 0.6 is 34.8 Å². The molecule has 1 amide bonds. The van der Waals surface area contributed by atoms with Gasteiger partial charge in [0.2, 0.25) is 5.91 Å². The van der Waals surface area contributed by atoms with Crippen molar-refractivity contribution in [3.05, 3.63) is 51.1 Å². The molecule has 1 saturated heterocycles. The molecule has 0 radical (unpaired) electrons. The van der Waals surface area contributed by atoms with Gasteiger partial charge in [-0.15, -0.1) is 0 Å². The minimum Gasteiger partial charge on any atom is -0.370 e. The van der Waals surface area contributed by atoms with E-state index in [2.05, 4.69) is 26.8 Å². The number of aromatic nitrogens is 1. The summed E-state index contributed by atoms with van der Waals surface area (Å²) >= 11 is 17.9. The third-order valence-corrected chi connectivity index (χ3v) is 5.67. The lowest BCUT2D eigenvalue weighted by Gasteiger charge is -2.39. The van der Waals surface area contributed by atoms with Crippen LogP contribution in [0.2, 0.25) is 15.1 Å². The summed E-state index contributed by atoms with van der Waals surface area (Å²) in [6.45, 7) is 3.23. The normalized spacial score (nSPS) is 15.6. The number of hydrazine groups is 1. The largest absolute Gasteiger partial charge is 0.370 e. The summed E-state index contributed by atoms with van der Waals surface area (Å²) in [5.74, 6) is 0.192. The number of carbonyl (C=O) groups excluding carboxylic acids is 1. The molecule has 1 aliphatic heterocycles. The Hall–Kier alpha value is -2.20. The van der Waals surface area contributed by atoms with Crippen molar-refractivity contribution in [2.75, 3.05) is 23.4 Å². The summed E-state index contributed by atoms with van der Waals surface area (Å²) in [7, 11) is 0. The van der Waals surface area contributed by atoms with E-state index in [1.54, 1.807) is 18.2 Å². The van der Waals surface area contributed by atoms with Gasteiger partial charge in [-0.1, -0.05) is 41.7 Å². The second-order valence-corrected chi connectivity index (χ2v) is 8.16. The topological polar surface area (TPSA) is 81.1 Å². The minimum absolute atomic E-state index is 0.142. The molecule has 146 valence electrons. The van der Waals surface area contributed by atoms with Crippen molar-refractivity contribution in [2.45, 2.75) is 19.8 Å². The van der Waals surface area contributed by atoms with Crippen LogP contribution in [-0.2, 0) is 4.79 Å². The van der Waals surface area contributed by atoms with Crippen LogP contribution in [0.15, 0.2) is 30.5 Å². The maximum absolute atomic E-state index is 12.7. The Morgan fingerprint density at radius 2 is 1.93 bits per heavy atom. The molecule has 2 aromatic rings. The molecule has 3 rings (SSSR count). The van der Waals surface area contributed by atoms with Gasteiger partial charge >= 0.3 is 0 Å². The molecule has 2 N–H and O–H groups in total. The molecule has 6 nitrogen and oxygen atoms in total. The van der Waals surface area contributed by atoms with Crippen molar-refractivity contribution >= 4 is 52.2 Å². The highest BCUT2D eigenvalue weighted by molar-refractivity contribution is 6.36. The third-order valence-electron chi connectivity index (χ3n) is 4.94. The number of halogens is 3. The number of nitrogens with one attached hydrogen (secondary N) is 2. The quantitative estimate of drug-likeness (QED) is 0.678. The summed E-state index contributed by atoms with van der Waals surface area (Å²) in [5, 5.41) is 10.6. The fourth-order valence-electron chi connectivity index (χ4n) is 3.12. The molecule has 28 heavy (non-hydrogen) atoms. The van der Waals surface area contributed by atoms with Crippen LogP contribution in [0.1, 0.15) is 25.3 Å². The van der Waals surface area contributed by atoms with E-state index in [9.17, 15) is 10.1 Å². The summed E-state index contributed by atoms with van der Waals surface area (Å²) in [5.41, 5.74) is 6.26. The molecule has 0 aliphatic carbocycles. The third kappa shape index (κ3) is 4.44. The van der Waals surface area contributed by atoms with Crippen molar-refractivity contribution in [1.29, 1.82) is 5.26 Å². The lowest BCUT2D eigenvalue weighted by molar-refractivity contribution is -0.130. The molecule has 1 aromatic carbocycles. The smallest absolute Gasteiger partial charge is 0.244 e. The Kier molecular flexibility index (Phi) is 6.19. The number of pyridine rings is 1. The zero-order valence-electron chi connectivity index (χ0n) is 15.1. The van der Waals surface area contributed by atoms with Gasteiger partial charge in [0.25, 0.3) is 0 Å². The number of amides is 1. The molecule has 0 bridgehead atoms. The molecule has 0 spiro atoms. The second-order valence-electron chi connectivity index (χ2n) is 6.88. The molecule has 0 atom stereocenters. The summed E-state index contributed by atoms with van der Waals surface area (Å²) < 4.78 is 0. The number of nitrogens with zero attached hydrogens (tertiary/aromatic N) is 3. The molecule has 1 aliphatic rings. The van der Waals surface area contributed by atoms with Crippen molar-refractivity contribution in [1.82, 2.24) is 10.4 Å². The number of hydrogen-bond donors (Lipinski definition) is 2. The summed E-state index contributed by atoms with van der Waals surface area (Å²) in [4.78, 5) is 18.9. The van der Waals surface area contributed by atoms with Crippen molar-refractivity contribution in [2.24, 2.45) is 5.41 Å². The van der Waals surface area contributed by atoms with Crippen molar-refractivity contribution < 1.29 is 4.79 Å². The minimum atomic E-state index is -0.554. The zero-order chi connectivity index (χ0) is 20.3. The standard InChI is InChI=1S/C19H18Cl3N5O/c1-19(18(28)26-25-17-15(22)9-14(21)11-24-17)4-6-27(7-5-19)16-3-2-13(20)8-12(16)10-23/h2-3,8-9,11H,4-7H2,1H3,(H,24,25)(H,26,28). The lowest BCUT2D eigenvalue weighted by atomic mass is 9.79. The van der Waals surface area contributed by atoms with Gasteiger partial charge in [0, 0.05) is 24.3 Å². The van der Waals surface area contributed by atoms with Crippen LogP contribution in [0.4, 0.5) is 11.5 Å². The van der Waals surface area contributed by atoms with Crippen LogP contribution in [0.5, 0.6) is 0 Å². The van der Waals surface area contributed by atoms with Crippen LogP contribution in [0.25, 0.3) is 0 Å². The first-order valence-electron chi connectivity index (χ1n) is 8.64. The number of carbonyl (C=O) groups is 1. The van der Waals surface area contributed by atoms with Gasteiger partial charge in [0.05, 0.1) is 26.7 Å². The molecular formula is C19H18Cl3N5O. The second kappa shape index (κ2) is 8.44. The van der Waals surface area contributed by atoms with Crippen LogP contribution in [0.3, 0.4) is 0 Å². The van der Waals surface area contributed by atoms with E-state index in [1.165, 1.54) is 6.20 Å². The first-order chi connectivity index (χ1) is 13.3. The Balaban J connectivity index is 1.62. The van der Waals surface area contributed by atoms with Crippen molar-refractivity contribution in [3.8, 4) is 6.07 Å². The van der Waals surface area contributed by atoms with E-state index < -0.39 is 5.41 Å². The predicted molar refractivity (Wildman–Crippen MR) is 112 cm³/mol. The Morgan fingerprint density at radius 1 is 1.21 bits per heavy atom. The van der Waals surface area contributed by atoms with Gasteiger partial charge in [-0.3, -0.25) is 15.6 Å². The van der Waals surface area contributed by atoms with E-state index in [4.69, 9.17) is 34.8 Å². The van der Waals surface area contributed by atoms with Gasteiger partial charge in [-0.2, -0.15) is 5.26 Å². The van der Waals surface area contributed by atoms with E-state index in [0.29, 0.717) is 52.4 Å². The number of hydrogen-bond acceptors (Lipinski definition) is 5. The maximum atomic E-state index is 12.7. The Bertz CT molecular complexity index is 936. The SMILES string of the molecule is CC1(C(=O)NNc2ncc(Cl)cc2Cl)CCN(c2ccc(Cl)cc2C#N)CC1. The number of nitriles is 1. The Morgan fingerprint density at radius 3 is 2.57 bits per heavy atom. The Labute approximate surface area is 178 Å². The fraction of sp³-hybridized carbons (Fsp3) is 0.316. The number of rotatable bonds is 4. The zero-order valence-corrected chi connectivity index (χ0v) is 17.4. The maximum Gasteiger partial charge on any atom is 0.244 e. The van der Waals surface area contributed by atoms with E-state index in [1.807, 2.05) is 13.0 Å². The van der Waals surface area contributed by atoms with Crippen molar-refractivity contribution in [3.63, 3.8) is 0 Å². The van der Waals surface area contributed by atoms with Gasteiger partial charge in [-0.25, -0.2) is 4.98 Å². The van der Waals surface area contributed by atoms with E-state index >= 15 is 0 Å². The molecular weight excluding hydrogens is 421 g/mol.